The normalized spacial score (nSPS) is 10.9. The Morgan fingerprint density at radius 2 is 2.00 bits per heavy atom. The molecule has 0 saturated carbocycles. The molecule has 3 aromatic heterocycles. The fraction of sp³-hybridized carbons (Fsp3) is 0.0417. The van der Waals surface area contributed by atoms with Gasteiger partial charge in [0.25, 0.3) is 5.91 Å². The van der Waals surface area contributed by atoms with Crippen LogP contribution in [0.15, 0.2) is 72.9 Å². The predicted octanol–water partition coefficient (Wildman–Crippen LogP) is 5.04. The van der Waals surface area contributed by atoms with Crippen molar-refractivity contribution in [2.24, 2.45) is 0 Å². The largest absolute Gasteiger partial charge is 0.486 e. The van der Waals surface area contributed by atoms with Crippen LogP contribution in [0.5, 0.6) is 5.75 Å². The Labute approximate surface area is 197 Å². The molecule has 0 atom stereocenters. The number of anilines is 1. The highest BCUT2D eigenvalue weighted by atomic mass is 35.5. The highest BCUT2D eigenvalue weighted by molar-refractivity contribution is 6.32. The van der Waals surface area contributed by atoms with E-state index in [1.165, 1.54) is 18.2 Å². The first kappa shape index (κ1) is 21.5. The van der Waals surface area contributed by atoms with Crippen LogP contribution in [0.4, 0.5) is 10.1 Å². The van der Waals surface area contributed by atoms with Gasteiger partial charge < -0.3 is 10.1 Å². The van der Waals surface area contributed by atoms with E-state index in [2.05, 4.69) is 30.7 Å². The molecule has 0 spiro atoms. The number of carbonyl (C=O) groups excluding carboxylic acids is 1. The number of amides is 1. The number of nitrogens with one attached hydrogen (secondary N) is 2. The number of aromatic nitrogens is 5. The van der Waals surface area contributed by atoms with E-state index in [1.807, 2.05) is 18.2 Å². The molecule has 0 bridgehead atoms. The van der Waals surface area contributed by atoms with Crippen molar-refractivity contribution in [3.8, 4) is 17.0 Å². The van der Waals surface area contributed by atoms with E-state index in [-0.39, 0.29) is 12.2 Å². The lowest BCUT2D eigenvalue weighted by molar-refractivity contribution is 0.102. The summed E-state index contributed by atoms with van der Waals surface area (Å²) in [6, 6.07) is 18.0. The Morgan fingerprint density at radius 3 is 2.82 bits per heavy atom. The van der Waals surface area contributed by atoms with Gasteiger partial charge in [0.15, 0.2) is 0 Å². The molecule has 2 aromatic carbocycles. The second kappa shape index (κ2) is 9.24. The van der Waals surface area contributed by atoms with Crippen LogP contribution >= 0.6 is 11.6 Å². The number of carbonyl (C=O) groups is 1. The molecule has 8 nitrogen and oxygen atoms in total. The van der Waals surface area contributed by atoms with Gasteiger partial charge in [0.2, 0.25) is 5.65 Å². The van der Waals surface area contributed by atoms with Crippen LogP contribution in [-0.4, -0.2) is 31.3 Å². The number of rotatable bonds is 6. The van der Waals surface area contributed by atoms with Crippen molar-refractivity contribution >= 4 is 34.4 Å². The topological polar surface area (TPSA) is 106 Å². The molecule has 34 heavy (non-hydrogen) atoms. The first-order valence-corrected chi connectivity index (χ1v) is 10.6. The molecule has 0 saturated heterocycles. The minimum Gasteiger partial charge on any atom is -0.486 e. The maximum absolute atomic E-state index is 14.5. The maximum atomic E-state index is 14.5. The van der Waals surface area contributed by atoms with E-state index in [9.17, 15) is 9.18 Å². The summed E-state index contributed by atoms with van der Waals surface area (Å²) in [5.41, 5.74) is 3.21. The second-order valence-electron chi connectivity index (χ2n) is 7.28. The van der Waals surface area contributed by atoms with Crippen LogP contribution in [0.25, 0.3) is 22.4 Å². The summed E-state index contributed by atoms with van der Waals surface area (Å²) >= 11 is 6.31. The second-order valence-corrected chi connectivity index (χ2v) is 7.69. The van der Waals surface area contributed by atoms with Crippen LogP contribution in [0.3, 0.4) is 0 Å². The summed E-state index contributed by atoms with van der Waals surface area (Å²) in [6.07, 6.45) is 1.68. The van der Waals surface area contributed by atoms with Gasteiger partial charge >= 0.3 is 0 Å². The standard InChI is InChI=1S/C24H16ClFN6O2/c25-18-12-15(5-9-22(18)34-13-16-3-1-2-10-27-16)28-24(33)17-11-14(4-6-19(17)26)20-7-8-21-23(29-20)31-32-30-21/h1-12H,13H2,(H,28,33)(H,29,30,31,32). The third-order valence-corrected chi connectivity index (χ3v) is 5.28. The number of benzene rings is 2. The molecule has 0 unspecified atom stereocenters. The van der Waals surface area contributed by atoms with Gasteiger partial charge in [0.05, 0.1) is 22.0 Å². The van der Waals surface area contributed by atoms with Crippen LogP contribution < -0.4 is 10.1 Å². The number of nitrogens with zero attached hydrogens (tertiary/aromatic N) is 4. The van der Waals surface area contributed by atoms with E-state index in [0.29, 0.717) is 38.9 Å². The highest BCUT2D eigenvalue weighted by Gasteiger charge is 2.15. The van der Waals surface area contributed by atoms with Gasteiger partial charge in [-0.2, -0.15) is 0 Å². The molecule has 0 aliphatic heterocycles. The molecule has 0 radical (unpaired) electrons. The van der Waals surface area contributed by atoms with Gasteiger partial charge in [-0.1, -0.05) is 22.9 Å². The van der Waals surface area contributed by atoms with Crippen LogP contribution in [0.2, 0.25) is 5.02 Å². The fourth-order valence-electron chi connectivity index (χ4n) is 3.29. The van der Waals surface area contributed by atoms with Gasteiger partial charge in [-0.3, -0.25) is 14.9 Å². The lowest BCUT2D eigenvalue weighted by atomic mass is 10.1. The molecule has 168 valence electrons. The monoisotopic (exact) mass is 474 g/mol. The average molecular weight is 475 g/mol. The zero-order valence-electron chi connectivity index (χ0n) is 17.5. The van der Waals surface area contributed by atoms with Gasteiger partial charge in [-0.05, 0) is 60.7 Å². The third kappa shape index (κ3) is 4.55. The van der Waals surface area contributed by atoms with Gasteiger partial charge in [-0.15, -0.1) is 5.10 Å². The predicted molar refractivity (Wildman–Crippen MR) is 125 cm³/mol. The number of ether oxygens (including phenoxy) is 1. The Morgan fingerprint density at radius 1 is 1.09 bits per heavy atom. The first-order chi connectivity index (χ1) is 16.6. The smallest absolute Gasteiger partial charge is 0.258 e. The van der Waals surface area contributed by atoms with Gasteiger partial charge in [-0.25, -0.2) is 9.37 Å². The van der Waals surface area contributed by atoms with E-state index >= 15 is 0 Å². The van der Waals surface area contributed by atoms with Crippen molar-refractivity contribution < 1.29 is 13.9 Å². The van der Waals surface area contributed by atoms with Gasteiger partial charge in [0, 0.05) is 17.4 Å². The van der Waals surface area contributed by atoms with E-state index in [1.54, 1.807) is 36.5 Å². The first-order valence-electron chi connectivity index (χ1n) is 10.2. The van der Waals surface area contributed by atoms with Crippen molar-refractivity contribution in [1.82, 2.24) is 25.4 Å². The Balaban J connectivity index is 1.32. The molecule has 5 rings (SSSR count). The SMILES string of the molecule is O=C(Nc1ccc(OCc2ccccn2)c(Cl)c1)c1cc(-c2ccc3[nH]nnc3n2)ccc1F. The van der Waals surface area contributed by atoms with Gasteiger partial charge in [0.1, 0.15) is 23.7 Å². The molecule has 1 amide bonds. The van der Waals surface area contributed by atoms with Crippen molar-refractivity contribution in [2.45, 2.75) is 6.61 Å². The number of hydrogen-bond acceptors (Lipinski definition) is 6. The van der Waals surface area contributed by atoms with Crippen molar-refractivity contribution in [3.63, 3.8) is 0 Å². The third-order valence-electron chi connectivity index (χ3n) is 4.99. The van der Waals surface area contributed by atoms with Crippen LogP contribution in [-0.2, 0) is 6.61 Å². The number of fused-ring (bicyclic) bond motifs is 1. The van der Waals surface area contributed by atoms with E-state index in [0.717, 1.165) is 5.69 Å². The lowest BCUT2D eigenvalue weighted by Crippen LogP contribution is -2.14. The molecule has 2 N–H and O–H groups in total. The Hall–Kier alpha value is -4.37. The molecule has 0 fully saturated rings. The van der Waals surface area contributed by atoms with Crippen molar-refractivity contribution in [2.75, 3.05) is 5.32 Å². The van der Waals surface area contributed by atoms with Crippen LogP contribution in [0, 0.1) is 5.82 Å². The van der Waals surface area contributed by atoms with Crippen LogP contribution in [0.1, 0.15) is 16.1 Å². The molecular formula is C24H16ClFN6O2. The number of halogens is 2. The zero-order valence-corrected chi connectivity index (χ0v) is 18.3. The van der Waals surface area contributed by atoms with E-state index in [4.69, 9.17) is 16.3 Å². The van der Waals surface area contributed by atoms with Crippen molar-refractivity contribution in [1.29, 1.82) is 0 Å². The Kier molecular flexibility index (Phi) is 5.84. The minimum atomic E-state index is -0.662. The molecular weight excluding hydrogens is 459 g/mol. The summed E-state index contributed by atoms with van der Waals surface area (Å²) in [6.45, 7) is 0.248. The number of aromatic amines is 1. The Bertz CT molecular complexity index is 1490. The summed E-state index contributed by atoms with van der Waals surface area (Å²) < 4.78 is 20.2. The molecule has 0 aliphatic carbocycles. The van der Waals surface area contributed by atoms with Crippen molar-refractivity contribution in [3.05, 3.63) is 95.0 Å². The fourth-order valence-corrected chi connectivity index (χ4v) is 3.52. The average Bonchev–Trinajstić information content (AvgIpc) is 3.32. The molecule has 5 aromatic rings. The summed E-state index contributed by atoms with van der Waals surface area (Å²) in [5, 5.41) is 13.3. The highest BCUT2D eigenvalue weighted by Crippen LogP contribution is 2.29. The lowest BCUT2D eigenvalue weighted by Gasteiger charge is -2.11. The summed E-state index contributed by atoms with van der Waals surface area (Å²) in [4.78, 5) is 21.4. The number of H-pyrrole nitrogens is 1. The maximum Gasteiger partial charge on any atom is 0.258 e. The zero-order chi connectivity index (χ0) is 23.5. The number of hydrogen-bond donors (Lipinski definition) is 2. The van der Waals surface area contributed by atoms with E-state index < -0.39 is 11.7 Å². The summed E-state index contributed by atoms with van der Waals surface area (Å²) in [5.74, 6) is -0.849. The molecule has 10 heteroatoms. The quantitative estimate of drug-likeness (QED) is 0.357. The molecule has 3 heterocycles. The molecule has 0 aliphatic rings. The number of pyridine rings is 2. The summed E-state index contributed by atoms with van der Waals surface area (Å²) in [7, 11) is 0. The minimum absolute atomic E-state index is 0.133.